The molecule has 208 valence electrons. The first-order valence-electron chi connectivity index (χ1n) is 12.7. The molecule has 0 spiro atoms. The van der Waals surface area contributed by atoms with Crippen molar-refractivity contribution in [2.45, 2.75) is 31.4 Å². The van der Waals surface area contributed by atoms with Crippen molar-refractivity contribution >= 4 is 33.7 Å². The van der Waals surface area contributed by atoms with E-state index in [1.54, 1.807) is 46.2 Å². The smallest absolute Gasteiger partial charge is 0.410 e. The van der Waals surface area contributed by atoms with Crippen LogP contribution in [0, 0.1) is 5.82 Å². The summed E-state index contributed by atoms with van der Waals surface area (Å²) >= 11 is 0. The fraction of sp³-hybridized carbons (Fsp3) is 0.321. The molecule has 12 heteroatoms. The number of fused-ring (bicyclic) bond motifs is 1. The molecule has 2 aromatic carbocycles. The summed E-state index contributed by atoms with van der Waals surface area (Å²) < 4.78 is 33.6. The predicted molar refractivity (Wildman–Crippen MR) is 148 cm³/mol. The molecule has 1 fully saturated rings. The van der Waals surface area contributed by atoms with Crippen molar-refractivity contribution in [1.82, 2.24) is 29.5 Å². The van der Waals surface area contributed by atoms with Crippen LogP contribution in [0.1, 0.15) is 31.1 Å². The number of hydrogen-bond donors (Lipinski definition) is 0. The van der Waals surface area contributed by atoms with Gasteiger partial charge in [0.15, 0.2) is 5.03 Å². The summed E-state index contributed by atoms with van der Waals surface area (Å²) in [6.45, 7) is 6.89. The van der Waals surface area contributed by atoms with Gasteiger partial charge >= 0.3 is 6.09 Å². The number of ether oxygens (including phenoxy) is 1. The number of aromatic nitrogens is 4. The molecule has 1 aliphatic heterocycles. The second-order valence-corrected chi connectivity index (χ2v) is 11.7. The minimum absolute atomic E-state index is 0.192. The van der Waals surface area contributed by atoms with Crippen molar-refractivity contribution in [2.24, 2.45) is 0 Å². The number of carbonyl (C=O) groups is 2. The molecule has 0 aliphatic carbocycles. The molecule has 2 aromatic heterocycles. The first-order valence-corrected chi connectivity index (χ1v) is 14.3. The Labute approximate surface area is 233 Å². The summed E-state index contributed by atoms with van der Waals surface area (Å²) in [7, 11) is -1.41. The van der Waals surface area contributed by atoms with Gasteiger partial charge in [-0.2, -0.15) is 9.78 Å². The maximum Gasteiger partial charge on any atom is 0.410 e. The van der Waals surface area contributed by atoms with Crippen LogP contribution in [0.4, 0.5) is 9.18 Å². The Balaban J connectivity index is 1.41. The van der Waals surface area contributed by atoms with Crippen LogP contribution in [0.25, 0.3) is 28.0 Å². The monoisotopic (exact) mass is 564 g/mol. The molecule has 1 saturated heterocycles. The lowest BCUT2D eigenvalue weighted by atomic mass is 10.1. The van der Waals surface area contributed by atoms with E-state index in [2.05, 4.69) is 15.1 Å². The van der Waals surface area contributed by atoms with E-state index < -0.39 is 22.5 Å². The minimum atomic E-state index is -1.41. The zero-order valence-electron chi connectivity index (χ0n) is 22.6. The molecule has 0 radical (unpaired) electrons. The molecule has 5 rings (SSSR count). The predicted octanol–water partition coefficient (Wildman–Crippen LogP) is 4.05. The standard InChI is InChI=1S/C28H29FN6O4S/c1-28(2,3)39-27(37)34-13-11-33(12-14-34)25(36)18-9-10-21-23(15-18)35(32-24(21)40(4)38)26-30-16-19(17-31-26)20-7-5-6-8-22(20)29/h5-10,15-17H,11-14H2,1-4H3. The maximum absolute atomic E-state index is 14.2. The van der Waals surface area contributed by atoms with Crippen LogP contribution >= 0.6 is 0 Å². The topological polar surface area (TPSA) is 111 Å². The fourth-order valence-corrected chi connectivity index (χ4v) is 5.13. The van der Waals surface area contributed by atoms with E-state index in [4.69, 9.17) is 4.74 Å². The van der Waals surface area contributed by atoms with Gasteiger partial charge in [0, 0.05) is 66.9 Å². The van der Waals surface area contributed by atoms with Gasteiger partial charge in [-0.1, -0.05) is 18.2 Å². The lowest BCUT2D eigenvalue weighted by Crippen LogP contribution is -2.51. The summed E-state index contributed by atoms with van der Waals surface area (Å²) in [6, 6.07) is 11.4. The quantitative estimate of drug-likeness (QED) is 0.368. The molecule has 0 saturated carbocycles. The number of carbonyl (C=O) groups excluding carboxylic acids is 2. The van der Waals surface area contributed by atoms with E-state index in [0.717, 1.165) is 0 Å². The maximum atomic E-state index is 14.2. The van der Waals surface area contributed by atoms with Gasteiger partial charge in [-0.05, 0) is 45.0 Å². The van der Waals surface area contributed by atoms with Crippen LogP contribution in [0.5, 0.6) is 0 Å². The average Bonchev–Trinajstić information content (AvgIpc) is 3.31. The highest BCUT2D eigenvalue weighted by atomic mass is 32.2. The van der Waals surface area contributed by atoms with E-state index in [0.29, 0.717) is 58.8 Å². The molecule has 40 heavy (non-hydrogen) atoms. The second kappa shape index (κ2) is 10.8. The summed E-state index contributed by atoms with van der Waals surface area (Å²) in [4.78, 5) is 37.8. The Morgan fingerprint density at radius 1 is 0.975 bits per heavy atom. The SMILES string of the molecule is CS(=O)c1nn(-c2ncc(-c3ccccc3F)cn2)c2cc(C(=O)N3CCN(C(=O)OC(C)(C)C)CC3)ccc12. The van der Waals surface area contributed by atoms with Crippen molar-refractivity contribution in [1.29, 1.82) is 0 Å². The summed E-state index contributed by atoms with van der Waals surface area (Å²) in [5, 5.41) is 5.43. The van der Waals surface area contributed by atoms with Crippen LogP contribution in [-0.4, -0.2) is 83.8 Å². The third-order valence-corrected chi connectivity index (χ3v) is 7.24. The molecular weight excluding hydrogens is 535 g/mol. The third-order valence-electron chi connectivity index (χ3n) is 6.40. The number of amides is 2. The van der Waals surface area contributed by atoms with Gasteiger partial charge < -0.3 is 14.5 Å². The summed E-state index contributed by atoms with van der Waals surface area (Å²) in [5.74, 6) is -0.395. The number of halogens is 1. The number of rotatable bonds is 4. The summed E-state index contributed by atoms with van der Waals surface area (Å²) in [5.41, 5.74) is 1.21. The molecule has 2 amide bonds. The first-order chi connectivity index (χ1) is 19.0. The van der Waals surface area contributed by atoms with Gasteiger partial charge in [0.05, 0.1) is 16.3 Å². The van der Waals surface area contributed by atoms with Crippen molar-refractivity contribution in [3.63, 3.8) is 0 Å². The molecule has 3 heterocycles. The Kier molecular flexibility index (Phi) is 7.37. The van der Waals surface area contributed by atoms with Crippen molar-refractivity contribution in [3.05, 3.63) is 66.2 Å². The van der Waals surface area contributed by atoms with Crippen LogP contribution in [0.15, 0.2) is 59.9 Å². The Morgan fingerprint density at radius 3 is 2.25 bits per heavy atom. The highest BCUT2D eigenvalue weighted by Crippen LogP contribution is 2.26. The molecular formula is C28H29FN6O4S. The third kappa shape index (κ3) is 5.57. The Bertz CT molecular complexity index is 1610. The highest BCUT2D eigenvalue weighted by Gasteiger charge is 2.28. The van der Waals surface area contributed by atoms with E-state index in [9.17, 15) is 18.2 Å². The van der Waals surface area contributed by atoms with E-state index >= 15 is 0 Å². The summed E-state index contributed by atoms with van der Waals surface area (Å²) in [6.07, 6.45) is 4.12. The molecule has 1 unspecified atom stereocenters. The Hall–Kier alpha value is -4.19. The van der Waals surface area contributed by atoms with Crippen molar-refractivity contribution in [2.75, 3.05) is 32.4 Å². The molecule has 1 atom stereocenters. The van der Waals surface area contributed by atoms with Crippen molar-refractivity contribution < 1.29 is 22.9 Å². The number of piperazine rings is 1. The minimum Gasteiger partial charge on any atom is -0.444 e. The van der Waals surface area contributed by atoms with Gasteiger partial charge in [0.2, 0.25) is 0 Å². The lowest BCUT2D eigenvalue weighted by molar-refractivity contribution is 0.0141. The largest absolute Gasteiger partial charge is 0.444 e. The van der Waals surface area contributed by atoms with Gasteiger partial charge in [-0.3, -0.25) is 9.00 Å². The van der Waals surface area contributed by atoms with Gasteiger partial charge in [0.25, 0.3) is 11.9 Å². The number of hydrogen-bond acceptors (Lipinski definition) is 7. The van der Waals surface area contributed by atoms with Crippen LogP contribution in [-0.2, 0) is 15.5 Å². The number of benzene rings is 2. The molecule has 4 aromatic rings. The van der Waals surface area contributed by atoms with Crippen LogP contribution in [0.3, 0.4) is 0 Å². The molecule has 0 bridgehead atoms. The van der Waals surface area contributed by atoms with Gasteiger partial charge in [-0.15, -0.1) is 0 Å². The first kappa shape index (κ1) is 27.4. The van der Waals surface area contributed by atoms with E-state index in [-0.39, 0.29) is 17.7 Å². The van der Waals surface area contributed by atoms with Crippen LogP contribution < -0.4 is 0 Å². The zero-order valence-corrected chi connectivity index (χ0v) is 23.4. The normalized spacial score (nSPS) is 14.8. The Morgan fingerprint density at radius 2 is 1.62 bits per heavy atom. The molecule has 0 N–H and O–H groups in total. The van der Waals surface area contributed by atoms with E-state index in [1.165, 1.54) is 29.4 Å². The van der Waals surface area contributed by atoms with Gasteiger partial charge in [-0.25, -0.2) is 19.2 Å². The second-order valence-electron chi connectivity index (χ2n) is 10.4. The van der Waals surface area contributed by atoms with Crippen molar-refractivity contribution in [3.8, 4) is 17.1 Å². The highest BCUT2D eigenvalue weighted by molar-refractivity contribution is 7.84. The molecule has 10 nitrogen and oxygen atoms in total. The van der Waals surface area contributed by atoms with Crippen LogP contribution in [0.2, 0.25) is 0 Å². The molecule has 1 aliphatic rings. The van der Waals surface area contributed by atoms with E-state index in [1.807, 2.05) is 20.8 Å². The number of nitrogens with zero attached hydrogens (tertiary/aromatic N) is 6. The fourth-order valence-electron chi connectivity index (χ4n) is 4.45. The lowest BCUT2D eigenvalue weighted by Gasteiger charge is -2.35. The zero-order chi connectivity index (χ0) is 28.6. The average molecular weight is 565 g/mol. The van der Waals surface area contributed by atoms with Gasteiger partial charge in [0.1, 0.15) is 11.4 Å².